The Hall–Kier alpha value is -1.88. The van der Waals surface area contributed by atoms with Gasteiger partial charge in [-0.05, 0) is 38.1 Å². The molecule has 0 saturated carbocycles. The van der Waals surface area contributed by atoms with Gasteiger partial charge in [0.2, 0.25) is 0 Å². The second-order valence-electron chi connectivity index (χ2n) is 6.13. The monoisotopic (exact) mass is 303 g/mol. The molecule has 1 N–H and O–H groups in total. The molecule has 118 valence electrons. The van der Waals surface area contributed by atoms with Crippen LogP contribution >= 0.6 is 0 Å². The van der Waals surface area contributed by atoms with Crippen LogP contribution in [0, 0.1) is 6.92 Å². The molecule has 1 atom stereocenters. The average Bonchev–Trinajstić information content (AvgIpc) is 2.79. The molecule has 5 heteroatoms. The summed E-state index contributed by atoms with van der Waals surface area (Å²) in [5, 5.41) is 3.59. The Bertz CT molecular complexity index is 722. The zero-order chi connectivity index (χ0) is 15.9. The van der Waals surface area contributed by atoms with Gasteiger partial charge in [0.1, 0.15) is 0 Å². The van der Waals surface area contributed by atoms with Crippen molar-refractivity contribution in [2.45, 2.75) is 32.6 Å². The summed E-state index contributed by atoms with van der Waals surface area (Å²) in [6, 6.07) is 6.25. The van der Waals surface area contributed by atoms with Gasteiger partial charge in [-0.15, -0.1) is 0 Å². The van der Waals surface area contributed by atoms with Crippen LogP contribution in [0.25, 0.3) is 10.9 Å². The SMILES string of the molecule is CNC(=O)C(F)Cn1c2c(c3cc(C)ccc31)CCN(C)C2. The van der Waals surface area contributed by atoms with E-state index in [0.717, 1.165) is 30.7 Å². The number of carbonyl (C=O) groups is 1. The zero-order valence-electron chi connectivity index (χ0n) is 13.3. The minimum Gasteiger partial charge on any atom is -0.357 e. The van der Waals surface area contributed by atoms with Gasteiger partial charge in [0.05, 0.1) is 6.54 Å². The van der Waals surface area contributed by atoms with Gasteiger partial charge >= 0.3 is 0 Å². The van der Waals surface area contributed by atoms with Crippen molar-refractivity contribution in [1.82, 2.24) is 14.8 Å². The third-order valence-corrected chi connectivity index (χ3v) is 4.48. The van der Waals surface area contributed by atoms with Crippen LogP contribution in [0.1, 0.15) is 16.8 Å². The van der Waals surface area contributed by atoms with Gasteiger partial charge in [-0.1, -0.05) is 11.6 Å². The molecule has 3 rings (SSSR count). The third-order valence-electron chi connectivity index (χ3n) is 4.48. The Balaban J connectivity index is 2.11. The van der Waals surface area contributed by atoms with Crippen LogP contribution in [-0.2, 0) is 24.3 Å². The molecular formula is C17H22FN3O. The van der Waals surface area contributed by atoms with Crippen molar-refractivity contribution in [3.05, 3.63) is 35.0 Å². The highest BCUT2D eigenvalue weighted by molar-refractivity contribution is 5.87. The minimum absolute atomic E-state index is 0.0718. The summed E-state index contributed by atoms with van der Waals surface area (Å²) in [6.45, 7) is 3.95. The van der Waals surface area contributed by atoms with E-state index in [2.05, 4.69) is 30.3 Å². The van der Waals surface area contributed by atoms with E-state index in [1.54, 1.807) is 0 Å². The molecule has 2 aromatic rings. The molecule has 0 spiro atoms. The number of hydrogen-bond donors (Lipinski definition) is 1. The fraction of sp³-hybridized carbons (Fsp3) is 0.471. The van der Waals surface area contributed by atoms with E-state index in [1.807, 2.05) is 16.7 Å². The lowest BCUT2D eigenvalue weighted by atomic mass is 10.0. The van der Waals surface area contributed by atoms with E-state index < -0.39 is 12.1 Å². The molecule has 1 aromatic carbocycles. The van der Waals surface area contributed by atoms with Gasteiger partial charge in [0.15, 0.2) is 6.17 Å². The number of rotatable bonds is 3. The number of amides is 1. The number of nitrogens with one attached hydrogen (secondary N) is 1. The molecule has 0 aliphatic carbocycles. The Morgan fingerprint density at radius 2 is 2.23 bits per heavy atom. The van der Waals surface area contributed by atoms with E-state index in [4.69, 9.17) is 0 Å². The molecular weight excluding hydrogens is 281 g/mol. The van der Waals surface area contributed by atoms with Gasteiger partial charge in [0, 0.05) is 36.7 Å². The van der Waals surface area contributed by atoms with Crippen LogP contribution in [0.5, 0.6) is 0 Å². The molecule has 0 bridgehead atoms. The van der Waals surface area contributed by atoms with Gasteiger partial charge in [-0.25, -0.2) is 4.39 Å². The molecule has 0 saturated heterocycles. The molecule has 1 aliphatic rings. The van der Waals surface area contributed by atoms with Gasteiger partial charge in [-0.2, -0.15) is 0 Å². The summed E-state index contributed by atoms with van der Waals surface area (Å²) < 4.78 is 16.2. The number of aryl methyl sites for hydroxylation is 1. The van der Waals surface area contributed by atoms with Crippen molar-refractivity contribution in [3.63, 3.8) is 0 Å². The fourth-order valence-electron chi connectivity index (χ4n) is 3.30. The van der Waals surface area contributed by atoms with Crippen molar-refractivity contribution in [1.29, 1.82) is 0 Å². The van der Waals surface area contributed by atoms with Crippen molar-refractivity contribution in [2.75, 3.05) is 20.6 Å². The van der Waals surface area contributed by atoms with Crippen molar-refractivity contribution >= 4 is 16.8 Å². The first-order chi connectivity index (χ1) is 10.5. The summed E-state index contributed by atoms with van der Waals surface area (Å²) in [7, 11) is 3.54. The second kappa shape index (κ2) is 5.72. The lowest BCUT2D eigenvalue weighted by Gasteiger charge is -2.25. The summed E-state index contributed by atoms with van der Waals surface area (Å²) in [5.41, 5.74) is 4.67. The number of aromatic nitrogens is 1. The van der Waals surface area contributed by atoms with Crippen LogP contribution in [-0.4, -0.2) is 42.2 Å². The molecule has 0 fully saturated rings. The molecule has 1 aromatic heterocycles. The molecule has 1 amide bonds. The molecule has 1 aliphatic heterocycles. The lowest BCUT2D eigenvalue weighted by molar-refractivity contribution is -0.125. The van der Waals surface area contributed by atoms with Gasteiger partial charge in [-0.3, -0.25) is 4.79 Å². The van der Waals surface area contributed by atoms with Crippen LogP contribution in [0.4, 0.5) is 4.39 Å². The maximum absolute atomic E-state index is 14.2. The number of benzene rings is 1. The quantitative estimate of drug-likeness (QED) is 0.942. The van der Waals surface area contributed by atoms with Crippen molar-refractivity contribution in [2.24, 2.45) is 0 Å². The standard InChI is InChI=1S/C17H22FN3O/c1-11-4-5-15-13(8-11)12-6-7-20(3)10-16(12)21(15)9-14(18)17(22)19-2/h4-5,8,14H,6-7,9-10H2,1-3H3,(H,19,22). The highest BCUT2D eigenvalue weighted by Gasteiger charge is 2.25. The van der Waals surface area contributed by atoms with E-state index in [-0.39, 0.29) is 6.54 Å². The van der Waals surface area contributed by atoms with E-state index in [0.29, 0.717) is 0 Å². The highest BCUT2D eigenvalue weighted by atomic mass is 19.1. The number of alkyl halides is 1. The summed E-state index contributed by atoms with van der Waals surface area (Å²) in [6.07, 6.45) is -0.561. The van der Waals surface area contributed by atoms with Crippen molar-refractivity contribution in [3.8, 4) is 0 Å². The summed E-state index contributed by atoms with van der Waals surface area (Å²) in [4.78, 5) is 13.8. The second-order valence-corrected chi connectivity index (χ2v) is 6.13. The van der Waals surface area contributed by atoms with Crippen LogP contribution in [0.2, 0.25) is 0 Å². The van der Waals surface area contributed by atoms with Crippen LogP contribution in [0.15, 0.2) is 18.2 Å². The first kappa shape index (κ1) is 15.0. The van der Waals surface area contributed by atoms with E-state index in [9.17, 15) is 9.18 Å². The van der Waals surface area contributed by atoms with Crippen LogP contribution < -0.4 is 5.32 Å². The Kier molecular flexibility index (Phi) is 3.91. The zero-order valence-corrected chi connectivity index (χ0v) is 13.3. The number of fused-ring (bicyclic) bond motifs is 3. The minimum atomic E-state index is -1.53. The molecule has 2 heterocycles. The van der Waals surface area contributed by atoms with E-state index in [1.165, 1.54) is 23.6 Å². The largest absolute Gasteiger partial charge is 0.357 e. The molecule has 0 radical (unpaired) electrons. The summed E-state index contributed by atoms with van der Waals surface area (Å²) >= 11 is 0. The third kappa shape index (κ3) is 2.50. The number of nitrogens with zero attached hydrogens (tertiary/aromatic N) is 2. The lowest BCUT2D eigenvalue weighted by Crippen LogP contribution is -2.33. The first-order valence-electron chi connectivity index (χ1n) is 7.66. The molecule has 1 unspecified atom stereocenters. The average molecular weight is 303 g/mol. The summed E-state index contributed by atoms with van der Waals surface area (Å²) in [5.74, 6) is -0.563. The predicted octanol–water partition coefficient (Wildman–Crippen LogP) is 2.02. The number of likely N-dealkylation sites (N-methyl/N-ethyl adjacent to an activating group) is 1. The fourth-order valence-corrected chi connectivity index (χ4v) is 3.30. The predicted molar refractivity (Wildman–Crippen MR) is 85.7 cm³/mol. The maximum atomic E-state index is 14.2. The van der Waals surface area contributed by atoms with Crippen LogP contribution in [0.3, 0.4) is 0 Å². The number of hydrogen-bond acceptors (Lipinski definition) is 2. The smallest absolute Gasteiger partial charge is 0.256 e. The molecule has 22 heavy (non-hydrogen) atoms. The van der Waals surface area contributed by atoms with Gasteiger partial charge in [0.25, 0.3) is 5.91 Å². The first-order valence-corrected chi connectivity index (χ1v) is 7.66. The van der Waals surface area contributed by atoms with Gasteiger partial charge < -0.3 is 14.8 Å². The number of halogens is 1. The highest BCUT2D eigenvalue weighted by Crippen LogP contribution is 2.31. The Labute approximate surface area is 129 Å². The normalized spacial score (nSPS) is 16.5. The Morgan fingerprint density at radius 1 is 1.45 bits per heavy atom. The topological polar surface area (TPSA) is 37.3 Å². The number of carbonyl (C=O) groups excluding carboxylic acids is 1. The van der Waals surface area contributed by atoms with E-state index >= 15 is 0 Å². The Morgan fingerprint density at radius 3 is 2.95 bits per heavy atom. The molecule has 4 nitrogen and oxygen atoms in total. The van der Waals surface area contributed by atoms with Crippen molar-refractivity contribution < 1.29 is 9.18 Å². The maximum Gasteiger partial charge on any atom is 0.256 e.